The lowest BCUT2D eigenvalue weighted by atomic mass is 10.2. The molecule has 2 aromatic rings. The van der Waals surface area contributed by atoms with Crippen LogP contribution in [0.4, 0.5) is 4.39 Å². The van der Waals surface area contributed by atoms with Gasteiger partial charge in [-0.25, -0.2) is 4.39 Å². The normalized spacial score (nSPS) is 10.5. The van der Waals surface area contributed by atoms with Gasteiger partial charge in [0.15, 0.2) is 0 Å². The van der Waals surface area contributed by atoms with E-state index in [0.29, 0.717) is 22.5 Å². The highest BCUT2D eigenvalue weighted by Crippen LogP contribution is 2.27. The van der Waals surface area contributed by atoms with Gasteiger partial charge in [-0.3, -0.25) is 4.98 Å². The number of rotatable bonds is 5. The first-order valence-corrected chi connectivity index (χ1v) is 6.76. The molecular weight excluding hydrogens is 311 g/mol. The quantitative estimate of drug-likeness (QED) is 0.906. The van der Waals surface area contributed by atoms with E-state index in [0.717, 1.165) is 12.1 Å². The highest BCUT2D eigenvalue weighted by Gasteiger charge is 2.06. The van der Waals surface area contributed by atoms with Gasteiger partial charge in [-0.1, -0.05) is 6.92 Å². The first kappa shape index (κ1) is 14.0. The Bertz CT molecular complexity index is 563. The van der Waals surface area contributed by atoms with Crippen molar-refractivity contribution in [3.05, 3.63) is 52.5 Å². The van der Waals surface area contributed by atoms with Crippen molar-refractivity contribution in [3.8, 4) is 11.5 Å². The van der Waals surface area contributed by atoms with E-state index in [9.17, 15) is 4.39 Å². The van der Waals surface area contributed by atoms with Crippen LogP contribution in [-0.2, 0) is 6.54 Å². The van der Waals surface area contributed by atoms with E-state index in [1.165, 1.54) is 6.07 Å². The molecule has 2 rings (SSSR count). The van der Waals surface area contributed by atoms with Crippen LogP contribution >= 0.6 is 15.9 Å². The molecule has 19 heavy (non-hydrogen) atoms. The van der Waals surface area contributed by atoms with Gasteiger partial charge in [-0.05, 0) is 40.7 Å². The zero-order valence-corrected chi connectivity index (χ0v) is 12.1. The fraction of sp³-hybridized carbons (Fsp3) is 0.214. The highest BCUT2D eigenvalue weighted by molar-refractivity contribution is 9.10. The van der Waals surface area contributed by atoms with Crippen molar-refractivity contribution in [2.75, 3.05) is 6.54 Å². The van der Waals surface area contributed by atoms with Gasteiger partial charge < -0.3 is 10.1 Å². The van der Waals surface area contributed by atoms with Crippen molar-refractivity contribution in [1.29, 1.82) is 0 Å². The maximum Gasteiger partial charge on any atom is 0.141 e. The van der Waals surface area contributed by atoms with E-state index in [2.05, 4.69) is 26.2 Å². The molecule has 1 aromatic carbocycles. The Balaban J connectivity index is 2.20. The summed E-state index contributed by atoms with van der Waals surface area (Å²) in [5, 5.41) is 3.21. The fourth-order valence-corrected chi connectivity index (χ4v) is 1.82. The molecule has 1 N–H and O–H groups in total. The number of benzene rings is 1. The molecule has 0 fully saturated rings. The van der Waals surface area contributed by atoms with Crippen LogP contribution in [0.2, 0.25) is 0 Å². The van der Waals surface area contributed by atoms with Crippen molar-refractivity contribution < 1.29 is 9.13 Å². The van der Waals surface area contributed by atoms with Crippen LogP contribution in [0.5, 0.6) is 11.5 Å². The molecule has 100 valence electrons. The molecule has 0 unspecified atom stereocenters. The van der Waals surface area contributed by atoms with Crippen molar-refractivity contribution in [1.82, 2.24) is 10.3 Å². The zero-order chi connectivity index (χ0) is 13.7. The van der Waals surface area contributed by atoms with E-state index < -0.39 is 0 Å². The number of nitrogens with zero attached hydrogens (tertiary/aromatic N) is 1. The monoisotopic (exact) mass is 324 g/mol. The van der Waals surface area contributed by atoms with Crippen LogP contribution in [-0.4, -0.2) is 11.5 Å². The smallest absolute Gasteiger partial charge is 0.141 e. The number of hydrogen-bond donors (Lipinski definition) is 1. The molecule has 0 saturated heterocycles. The van der Waals surface area contributed by atoms with E-state index >= 15 is 0 Å². The van der Waals surface area contributed by atoms with Gasteiger partial charge in [0.25, 0.3) is 0 Å². The Morgan fingerprint density at radius 1 is 1.37 bits per heavy atom. The van der Waals surface area contributed by atoms with Crippen LogP contribution in [0.25, 0.3) is 0 Å². The number of aromatic nitrogens is 1. The summed E-state index contributed by atoms with van der Waals surface area (Å²) in [5.41, 5.74) is 0.938. The molecule has 0 spiro atoms. The van der Waals surface area contributed by atoms with Gasteiger partial charge >= 0.3 is 0 Å². The molecule has 0 atom stereocenters. The molecule has 1 aromatic heterocycles. The van der Waals surface area contributed by atoms with Gasteiger partial charge in [0.05, 0.1) is 4.47 Å². The minimum absolute atomic E-state index is 0.347. The third-order valence-corrected chi connectivity index (χ3v) is 3.19. The first-order chi connectivity index (χ1) is 9.20. The molecule has 0 saturated carbocycles. The summed E-state index contributed by atoms with van der Waals surface area (Å²) in [5.74, 6) is 0.794. The summed E-state index contributed by atoms with van der Waals surface area (Å²) in [7, 11) is 0. The molecular formula is C14H14BrFN2O. The van der Waals surface area contributed by atoms with E-state index in [1.54, 1.807) is 30.6 Å². The van der Waals surface area contributed by atoms with Crippen LogP contribution in [0.3, 0.4) is 0 Å². The Hall–Kier alpha value is -1.46. The van der Waals surface area contributed by atoms with Crippen molar-refractivity contribution in [3.63, 3.8) is 0 Å². The molecule has 0 bridgehead atoms. The molecule has 0 aliphatic carbocycles. The number of halogens is 2. The van der Waals surface area contributed by atoms with Crippen LogP contribution in [0.1, 0.15) is 12.5 Å². The molecule has 1 heterocycles. The first-order valence-electron chi connectivity index (χ1n) is 5.97. The molecule has 3 nitrogen and oxygen atoms in total. The average molecular weight is 325 g/mol. The Labute approximate surface area is 119 Å². The summed E-state index contributed by atoms with van der Waals surface area (Å²) in [6, 6.07) is 6.45. The summed E-state index contributed by atoms with van der Waals surface area (Å²) in [6.45, 7) is 3.56. The molecule has 0 aliphatic heterocycles. The van der Waals surface area contributed by atoms with Crippen LogP contribution in [0, 0.1) is 5.82 Å². The average Bonchev–Trinajstić information content (AvgIpc) is 2.42. The van der Waals surface area contributed by atoms with Gasteiger partial charge in [-0.2, -0.15) is 0 Å². The number of pyridine rings is 1. The second kappa shape index (κ2) is 6.63. The Morgan fingerprint density at radius 3 is 2.95 bits per heavy atom. The fourth-order valence-electron chi connectivity index (χ4n) is 1.57. The SMILES string of the molecule is CCNCc1cnccc1Oc1ccc(Br)c(F)c1. The van der Waals surface area contributed by atoms with Gasteiger partial charge in [0.2, 0.25) is 0 Å². The van der Waals surface area contributed by atoms with Crippen LogP contribution in [0.15, 0.2) is 41.1 Å². The maximum absolute atomic E-state index is 13.4. The van der Waals surface area contributed by atoms with Crippen molar-refractivity contribution in [2.24, 2.45) is 0 Å². The Kier molecular flexibility index (Phi) is 4.87. The molecule has 0 aliphatic rings. The van der Waals surface area contributed by atoms with E-state index in [1.807, 2.05) is 6.92 Å². The van der Waals surface area contributed by atoms with E-state index in [-0.39, 0.29) is 5.82 Å². The second-order valence-electron chi connectivity index (χ2n) is 3.94. The number of ether oxygens (including phenoxy) is 1. The lowest BCUT2D eigenvalue weighted by molar-refractivity contribution is 0.466. The Morgan fingerprint density at radius 2 is 2.21 bits per heavy atom. The molecule has 0 radical (unpaired) electrons. The third-order valence-electron chi connectivity index (χ3n) is 2.54. The van der Waals surface area contributed by atoms with Gasteiger partial charge in [0, 0.05) is 30.6 Å². The second-order valence-corrected chi connectivity index (χ2v) is 4.80. The third kappa shape index (κ3) is 3.75. The van der Waals surface area contributed by atoms with Crippen LogP contribution < -0.4 is 10.1 Å². The topological polar surface area (TPSA) is 34.2 Å². The minimum Gasteiger partial charge on any atom is -0.457 e. The van der Waals surface area contributed by atoms with Crippen molar-refractivity contribution >= 4 is 15.9 Å². The summed E-state index contributed by atoms with van der Waals surface area (Å²) in [4.78, 5) is 4.07. The highest BCUT2D eigenvalue weighted by atomic mass is 79.9. The molecule has 0 amide bonds. The predicted octanol–water partition coefficient (Wildman–Crippen LogP) is 3.89. The lowest BCUT2D eigenvalue weighted by Gasteiger charge is -2.11. The van der Waals surface area contributed by atoms with Gasteiger partial charge in [-0.15, -0.1) is 0 Å². The minimum atomic E-state index is -0.347. The molecule has 5 heteroatoms. The maximum atomic E-state index is 13.4. The van der Waals surface area contributed by atoms with Crippen molar-refractivity contribution in [2.45, 2.75) is 13.5 Å². The zero-order valence-electron chi connectivity index (χ0n) is 10.5. The summed E-state index contributed by atoms with van der Waals surface area (Å²) < 4.78 is 19.6. The largest absolute Gasteiger partial charge is 0.457 e. The van der Waals surface area contributed by atoms with E-state index in [4.69, 9.17) is 4.74 Å². The standard InChI is InChI=1S/C14H14BrFN2O/c1-2-17-8-10-9-18-6-5-14(10)19-11-3-4-12(15)13(16)7-11/h3-7,9,17H,2,8H2,1H3. The number of hydrogen-bond acceptors (Lipinski definition) is 3. The number of nitrogens with one attached hydrogen (secondary N) is 1. The summed E-state index contributed by atoms with van der Waals surface area (Å²) in [6.07, 6.45) is 3.40. The lowest BCUT2D eigenvalue weighted by Crippen LogP contribution is -2.12. The predicted molar refractivity (Wildman–Crippen MR) is 75.8 cm³/mol. The van der Waals surface area contributed by atoms with Gasteiger partial charge in [0.1, 0.15) is 17.3 Å². The summed E-state index contributed by atoms with van der Waals surface area (Å²) >= 11 is 3.11.